The zero-order valence-corrected chi connectivity index (χ0v) is 11.8. The first kappa shape index (κ1) is 13.9. The van der Waals surface area contributed by atoms with E-state index in [1.54, 1.807) is 0 Å². The first-order valence-corrected chi connectivity index (χ1v) is 7.06. The van der Waals surface area contributed by atoms with Gasteiger partial charge in [-0.25, -0.2) is 0 Å². The lowest BCUT2D eigenvalue weighted by Crippen LogP contribution is -2.43. The summed E-state index contributed by atoms with van der Waals surface area (Å²) < 4.78 is 5.76. The average Bonchev–Trinajstić information content (AvgIpc) is 3.23. The van der Waals surface area contributed by atoms with Crippen molar-refractivity contribution in [2.24, 2.45) is 0 Å². The van der Waals surface area contributed by atoms with Crippen LogP contribution < -0.4 is 10.1 Å². The molecule has 0 aliphatic heterocycles. The number of nitrogens with zero attached hydrogens (tertiary/aromatic N) is 1. The summed E-state index contributed by atoms with van der Waals surface area (Å²) in [5.74, 6) is 0.895. The molecule has 0 saturated heterocycles. The van der Waals surface area contributed by atoms with Crippen molar-refractivity contribution in [1.29, 1.82) is 5.26 Å². The standard InChI is InChI=1S/C16H22N2O/c1-3-13-5-4-6-15(11-13)19-10-9-16(2,12-17)18-14-7-8-14/h4-6,11,14,18H,3,7-10H2,1-2H3. The van der Waals surface area contributed by atoms with Gasteiger partial charge in [-0.3, -0.25) is 5.32 Å². The molecule has 1 N–H and O–H groups in total. The molecule has 1 atom stereocenters. The molecule has 1 saturated carbocycles. The van der Waals surface area contributed by atoms with Gasteiger partial charge in [0, 0.05) is 12.5 Å². The summed E-state index contributed by atoms with van der Waals surface area (Å²) >= 11 is 0. The third-order valence-electron chi connectivity index (χ3n) is 3.52. The van der Waals surface area contributed by atoms with Crippen molar-refractivity contribution >= 4 is 0 Å². The van der Waals surface area contributed by atoms with Crippen LogP contribution in [0.25, 0.3) is 0 Å². The quantitative estimate of drug-likeness (QED) is 0.817. The van der Waals surface area contributed by atoms with E-state index in [0.717, 1.165) is 12.2 Å². The van der Waals surface area contributed by atoms with Gasteiger partial charge < -0.3 is 4.74 Å². The SMILES string of the molecule is CCc1cccc(OCCC(C)(C#N)NC2CC2)c1. The highest BCUT2D eigenvalue weighted by Crippen LogP contribution is 2.24. The molecule has 1 unspecified atom stereocenters. The van der Waals surface area contributed by atoms with E-state index >= 15 is 0 Å². The molecule has 1 aliphatic rings. The molecule has 3 heteroatoms. The summed E-state index contributed by atoms with van der Waals surface area (Å²) in [6.45, 7) is 4.65. The van der Waals surface area contributed by atoms with Crippen LogP contribution in [0.5, 0.6) is 5.75 Å². The molecule has 0 spiro atoms. The highest BCUT2D eigenvalue weighted by molar-refractivity contribution is 5.28. The second-order valence-electron chi connectivity index (χ2n) is 5.46. The fourth-order valence-corrected chi connectivity index (χ4v) is 2.07. The van der Waals surface area contributed by atoms with Gasteiger partial charge in [0.25, 0.3) is 0 Å². The predicted octanol–water partition coefficient (Wildman–Crippen LogP) is 3.05. The number of nitriles is 1. The van der Waals surface area contributed by atoms with Crippen molar-refractivity contribution in [3.63, 3.8) is 0 Å². The van der Waals surface area contributed by atoms with Gasteiger partial charge in [-0.2, -0.15) is 5.26 Å². The first-order valence-electron chi connectivity index (χ1n) is 7.06. The zero-order valence-electron chi connectivity index (χ0n) is 11.8. The average molecular weight is 258 g/mol. The third kappa shape index (κ3) is 4.25. The Morgan fingerprint density at radius 3 is 2.89 bits per heavy atom. The molecule has 102 valence electrons. The number of nitrogens with one attached hydrogen (secondary N) is 1. The number of benzene rings is 1. The zero-order chi connectivity index (χ0) is 13.7. The van der Waals surface area contributed by atoms with E-state index in [9.17, 15) is 5.26 Å². The lowest BCUT2D eigenvalue weighted by atomic mass is 10.0. The van der Waals surface area contributed by atoms with E-state index in [-0.39, 0.29) is 0 Å². The maximum absolute atomic E-state index is 9.27. The van der Waals surface area contributed by atoms with Gasteiger partial charge in [-0.15, -0.1) is 0 Å². The van der Waals surface area contributed by atoms with Gasteiger partial charge >= 0.3 is 0 Å². The van der Waals surface area contributed by atoms with Crippen LogP contribution in [0.3, 0.4) is 0 Å². The van der Waals surface area contributed by atoms with Crippen LogP contribution in [0.2, 0.25) is 0 Å². The van der Waals surface area contributed by atoms with Gasteiger partial charge in [0.15, 0.2) is 0 Å². The van der Waals surface area contributed by atoms with Crippen molar-refractivity contribution < 1.29 is 4.74 Å². The number of rotatable bonds is 7. The van der Waals surface area contributed by atoms with Crippen LogP contribution >= 0.6 is 0 Å². The van der Waals surface area contributed by atoms with E-state index in [2.05, 4.69) is 30.4 Å². The maximum Gasteiger partial charge on any atom is 0.119 e. The minimum atomic E-state index is -0.469. The predicted molar refractivity (Wildman–Crippen MR) is 76.1 cm³/mol. The van der Waals surface area contributed by atoms with Crippen molar-refractivity contribution in [3.8, 4) is 11.8 Å². The lowest BCUT2D eigenvalue weighted by molar-refractivity contribution is 0.266. The molecule has 0 amide bonds. The molecule has 1 aliphatic carbocycles. The Labute approximate surface area is 115 Å². The second-order valence-corrected chi connectivity index (χ2v) is 5.46. The van der Waals surface area contributed by atoms with Crippen LogP contribution in [0.15, 0.2) is 24.3 Å². The second kappa shape index (κ2) is 6.08. The van der Waals surface area contributed by atoms with Crippen LogP contribution in [0, 0.1) is 11.3 Å². The van der Waals surface area contributed by atoms with E-state index in [1.807, 2.05) is 19.1 Å². The Balaban J connectivity index is 1.82. The molecule has 2 rings (SSSR count). The number of aryl methyl sites for hydroxylation is 1. The minimum Gasteiger partial charge on any atom is -0.493 e. The fraction of sp³-hybridized carbons (Fsp3) is 0.562. The highest BCUT2D eigenvalue weighted by atomic mass is 16.5. The highest BCUT2D eigenvalue weighted by Gasteiger charge is 2.32. The molecule has 1 fully saturated rings. The van der Waals surface area contributed by atoms with Gasteiger partial charge in [-0.05, 0) is 43.9 Å². The molecule has 0 heterocycles. The summed E-state index contributed by atoms with van der Waals surface area (Å²) in [5, 5.41) is 12.7. The Hall–Kier alpha value is -1.53. The smallest absolute Gasteiger partial charge is 0.119 e. The largest absolute Gasteiger partial charge is 0.493 e. The third-order valence-corrected chi connectivity index (χ3v) is 3.52. The summed E-state index contributed by atoms with van der Waals surface area (Å²) in [6.07, 6.45) is 4.10. The summed E-state index contributed by atoms with van der Waals surface area (Å²) in [7, 11) is 0. The number of ether oxygens (including phenoxy) is 1. The lowest BCUT2D eigenvalue weighted by Gasteiger charge is -2.23. The summed E-state index contributed by atoms with van der Waals surface area (Å²) in [4.78, 5) is 0. The molecule has 1 aromatic carbocycles. The molecular formula is C16H22N2O. The summed E-state index contributed by atoms with van der Waals surface area (Å²) in [6, 6.07) is 11.1. The number of hydrogen-bond acceptors (Lipinski definition) is 3. The van der Waals surface area contributed by atoms with Gasteiger partial charge in [0.05, 0.1) is 12.7 Å². The molecule has 0 bridgehead atoms. The Kier molecular flexibility index (Phi) is 4.44. The van der Waals surface area contributed by atoms with Gasteiger partial charge in [-0.1, -0.05) is 19.1 Å². The van der Waals surface area contributed by atoms with E-state index in [1.165, 1.54) is 18.4 Å². The Morgan fingerprint density at radius 2 is 2.26 bits per heavy atom. The molecule has 1 aromatic rings. The summed E-state index contributed by atoms with van der Waals surface area (Å²) in [5.41, 5.74) is 0.806. The van der Waals surface area contributed by atoms with Crippen molar-refractivity contribution in [3.05, 3.63) is 29.8 Å². The fourth-order valence-electron chi connectivity index (χ4n) is 2.07. The molecule has 0 aromatic heterocycles. The van der Waals surface area contributed by atoms with Crippen LogP contribution in [0.1, 0.15) is 38.7 Å². The van der Waals surface area contributed by atoms with Crippen molar-refractivity contribution in [2.75, 3.05) is 6.61 Å². The molecule has 3 nitrogen and oxygen atoms in total. The van der Waals surface area contributed by atoms with Crippen LogP contribution in [0.4, 0.5) is 0 Å². The monoisotopic (exact) mass is 258 g/mol. The Morgan fingerprint density at radius 1 is 1.47 bits per heavy atom. The van der Waals surface area contributed by atoms with Gasteiger partial charge in [0.1, 0.15) is 11.3 Å². The topological polar surface area (TPSA) is 45.0 Å². The molecule has 19 heavy (non-hydrogen) atoms. The molecule has 0 radical (unpaired) electrons. The maximum atomic E-state index is 9.27. The van der Waals surface area contributed by atoms with Crippen LogP contribution in [-0.2, 0) is 6.42 Å². The minimum absolute atomic E-state index is 0.469. The van der Waals surface area contributed by atoms with Crippen molar-refractivity contribution in [2.45, 2.75) is 51.1 Å². The van der Waals surface area contributed by atoms with Crippen LogP contribution in [-0.4, -0.2) is 18.2 Å². The first-order chi connectivity index (χ1) is 9.15. The Bertz CT molecular complexity index is 462. The van der Waals surface area contributed by atoms with Crippen molar-refractivity contribution in [1.82, 2.24) is 5.32 Å². The normalized spacial score (nSPS) is 17.5. The van der Waals surface area contributed by atoms with Gasteiger partial charge in [0.2, 0.25) is 0 Å². The number of hydrogen-bond donors (Lipinski definition) is 1. The van der Waals surface area contributed by atoms with E-state index in [0.29, 0.717) is 19.1 Å². The molecular weight excluding hydrogens is 236 g/mol. The van der Waals surface area contributed by atoms with E-state index in [4.69, 9.17) is 4.74 Å². The van der Waals surface area contributed by atoms with E-state index < -0.39 is 5.54 Å².